The number of rotatable bonds is 2. The molecule has 0 saturated carbocycles. The first kappa shape index (κ1) is 10.4. The number of phenols is 1. The van der Waals surface area contributed by atoms with Gasteiger partial charge < -0.3 is 15.7 Å². The molecule has 0 heterocycles. The molecule has 0 aliphatic rings. The highest BCUT2D eigenvalue weighted by Gasteiger charge is 2.08. The zero-order valence-corrected chi connectivity index (χ0v) is 8.28. The first-order valence-corrected chi connectivity index (χ1v) is 4.20. The lowest BCUT2D eigenvalue weighted by Crippen LogP contribution is -2.11. The number of nitrogens with zero attached hydrogens (tertiary/aromatic N) is 2. The van der Waals surface area contributed by atoms with E-state index in [4.69, 9.17) is 11.0 Å². The van der Waals surface area contributed by atoms with Crippen LogP contribution in [-0.2, 0) is 6.54 Å². The van der Waals surface area contributed by atoms with Gasteiger partial charge >= 0.3 is 0 Å². The molecule has 14 heavy (non-hydrogen) atoms. The maximum Gasteiger partial charge on any atom is 0.143 e. The second-order valence-electron chi connectivity index (χ2n) is 3.42. The zero-order chi connectivity index (χ0) is 10.7. The molecule has 0 aliphatic carbocycles. The number of benzene rings is 1. The summed E-state index contributed by atoms with van der Waals surface area (Å²) in [4.78, 5) is 1.90. The second kappa shape index (κ2) is 3.99. The first-order valence-electron chi connectivity index (χ1n) is 4.20. The van der Waals surface area contributed by atoms with Crippen molar-refractivity contribution in [3.8, 4) is 11.8 Å². The summed E-state index contributed by atoms with van der Waals surface area (Å²) < 4.78 is 0. The van der Waals surface area contributed by atoms with E-state index in [-0.39, 0.29) is 11.4 Å². The van der Waals surface area contributed by atoms with Crippen molar-refractivity contribution in [1.82, 2.24) is 4.90 Å². The monoisotopic (exact) mass is 191 g/mol. The molecule has 0 atom stereocenters. The quantitative estimate of drug-likeness (QED) is 0.538. The summed E-state index contributed by atoms with van der Waals surface area (Å²) in [5.41, 5.74) is 6.95. The first-order chi connectivity index (χ1) is 6.54. The number of hydrogen-bond acceptors (Lipinski definition) is 4. The predicted octanol–water partition coefficient (Wildman–Crippen LogP) is 0.908. The third-order valence-electron chi connectivity index (χ3n) is 1.83. The van der Waals surface area contributed by atoms with Gasteiger partial charge in [0, 0.05) is 12.1 Å². The minimum atomic E-state index is 0.0673. The number of phenolic OH excluding ortho intramolecular Hbond substituents is 1. The highest BCUT2D eigenvalue weighted by molar-refractivity contribution is 5.60. The Bertz CT molecular complexity index is 380. The number of aromatic hydroxyl groups is 1. The molecule has 3 N–H and O–H groups in total. The normalized spacial score (nSPS) is 10.1. The topological polar surface area (TPSA) is 73.3 Å². The van der Waals surface area contributed by atoms with Crippen LogP contribution in [0.1, 0.15) is 11.1 Å². The maximum absolute atomic E-state index is 9.61. The number of nitrogens with two attached hydrogens (primary N) is 1. The van der Waals surface area contributed by atoms with Crippen molar-refractivity contribution in [2.24, 2.45) is 0 Å². The number of hydrogen-bond donors (Lipinski definition) is 2. The van der Waals surface area contributed by atoms with E-state index in [0.717, 1.165) is 0 Å². The van der Waals surface area contributed by atoms with E-state index in [0.29, 0.717) is 17.7 Å². The molecule has 0 bridgehead atoms. The van der Waals surface area contributed by atoms with Crippen LogP contribution in [0.25, 0.3) is 0 Å². The number of nitriles is 1. The molecule has 0 aliphatic heterocycles. The molecule has 0 amide bonds. The molecule has 0 fully saturated rings. The van der Waals surface area contributed by atoms with Crippen molar-refractivity contribution in [3.63, 3.8) is 0 Å². The molecular formula is C10H13N3O. The molecular weight excluding hydrogens is 178 g/mol. The molecule has 74 valence electrons. The Kier molecular flexibility index (Phi) is 2.95. The molecule has 0 unspecified atom stereocenters. The van der Waals surface area contributed by atoms with Gasteiger partial charge in [-0.15, -0.1) is 0 Å². The van der Waals surface area contributed by atoms with Gasteiger partial charge in [-0.05, 0) is 26.2 Å². The molecule has 1 aromatic carbocycles. The Morgan fingerprint density at radius 1 is 1.50 bits per heavy atom. The Morgan fingerprint density at radius 3 is 2.64 bits per heavy atom. The summed E-state index contributed by atoms with van der Waals surface area (Å²) in [6.07, 6.45) is 0. The van der Waals surface area contributed by atoms with E-state index in [1.54, 1.807) is 6.07 Å². The highest BCUT2D eigenvalue weighted by atomic mass is 16.3. The van der Waals surface area contributed by atoms with Crippen molar-refractivity contribution in [2.45, 2.75) is 6.54 Å². The van der Waals surface area contributed by atoms with E-state index in [1.165, 1.54) is 6.07 Å². The minimum Gasteiger partial charge on any atom is -0.505 e. The molecule has 1 rings (SSSR count). The minimum absolute atomic E-state index is 0.0673. The van der Waals surface area contributed by atoms with E-state index >= 15 is 0 Å². The van der Waals surface area contributed by atoms with Crippen LogP contribution < -0.4 is 5.73 Å². The predicted molar refractivity (Wildman–Crippen MR) is 54.6 cm³/mol. The Labute approximate surface area is 83.2 Å². The third-order valence-corrected chi connectivity index (χ3v) is 1.83. The summed E-state index contributed by atoms with van der Waals surface area (Å²) >= 11 is 0. The molecule has 1 aromatic rings. The van der Waals surface area contributed by atoms with Crippen molar-refractivity contribution >= 4 is 5.69 Å². The fraction of sp³-hybridized carbons (Fsp3) is 0.300. The van der Waals surface area contributed by atoms with Gasteiger partial charge in [-0.25, -0.2) is 0 Å². The SMILES string of the molecule is CN(C)Cc1cc(C#N)cc(N)c1O. The summed E-state index contributed by atoms with van der Waals surface area (Å²) in [6, 6.07) is 5.11. The second-order valence-corrected chi connectivity index (χ2v) is 3.42. The molecule has 0 spiro atoms. The van der Waals surface area contributed by atoms with Gasteiger partial charge in [0.1, 0.15) is 5.75 Å². The molecule has 4 heteroatoms. The average molecular weight is 191 g/mol. The van der Waals surface area contributed by atoms with Gasteiger partial charge in [-0.2, -0.15) is 5.26 Å². The Hall–Kier alpha value is -1.73. The molecule has 0 aromatic heterocycles. The Morgan fingerprint density at radius 2 is 2.14 bits per heavy atom. The van der Waals surface area contributed by atoms with Gasteiger partial charge in [0.2, 0.25) is 0 Å². The number of anilines is 1. The summed E-state index contributed by atoms with van der Waals surface area (Å²) in [7, 11) is 3.77. The summed E-state index contributed by atoms with van der Waals surface area (Å²) in [6.45, 7) is 0.561. The molecule has 0 radical (unpaired) electrons. The van der Waals surface area contributed by atoms with Crippen LogP contribution >= 0.6 is 0 Å². The fourth-order valence-electron chi connectivity index (χ4n) is 1.24. The van der Waals surface area contributed by atoms with Gasteiger partial charge in [-0.1, -0.05) is 0 Å². The van der Waals surface area contributed by atoms with Crippen molar-refractivity contribution < 1.29 is 5.11 Å². The lowest BCUT2D eigenvalue weighted by Gasteiger charge is -2.12. The van der Waals surface area contributed by atoms with Crippen LogP contribution in [0, 0.1) is 11.3 Å². The van der Waals surface area contributed by atoms with Crippen LogP contribution in [0.2, 0.25) is 0 Å². The fourth-order valence-corrected chi connectivity index (χ4v) is 1.24. The third kappa shape index (κ3) is 2.15. The van der Waals surface area contributed by atoms with Crippen LogP contribution in [0.5, 0.6) is 5.75 Å². The lowest BCUT2D eigenvalue weighted by atomic mass is 10.1. The van der Waals surface area contributed by atoms with Gasteiger partial charge in [0.25, 0.3) is 0 Å². The van der Waals surface area contributed by atoms with Crippen molar-refractivity contribution in [1.29, 1.82) is 5.26 Å². The van der Waals surface area contributed by atoms with Gasteiger partial charge in [0.15, 0.2) is 0 Å². The molecule has 4 nitrogen and oxygen atoms in total. The summed E-state index contributed by atoms with van der Waals surface area (Å²) in [5.74, 6) is 0.0673. The van der Waals surface area contributed by atoms with Gasteiger partial charge in [-0.3, -0.25) is 0 Å². The van der Waals surface area contributed by atoms with E-state index in [2.05, 4.69) is 0 Å². The largest absolute Gasteiger partial charge is 0.505 e. The maximum atomic E-state index is 9.61. The van der Waals surface area contributed by atoms with Crippen LogP contribution in [-0.4, -0.2) is 24.1 Å². The summed E-state index contributed by atoms with van der Waals surface area (Å²) in [5, 5.41) is 18.3. The van der Waals surface area contributed by atoms with Crippen molar-refractivity contribution in [3.05, 3.63) is 23.3 Å². The van der Waals surface area contributed by atoms with Crippen LogP contribution in [0.15, 0.2) is 12.1 Å². The van der Waals surface area contributed by atoms with E-state index < -0.39 is 0 Å². The smallest absolute Gasteiger partial charge is 0.143 e. The van der Waals surface area contributed by atoms with Crippen molar-refractivity contribution in [2.75, 3.05) is 19.8 Å². The number of nitrogen functional groups attached to an aromatic ring is 1. The average Bonchev–Trinajstić information content (AvgIpc) is 2.11. The zero-order valence-electron chi connectivity index (χ0n) is 8.28. The lowest BCUT2D eigenvalue weighted by molar-refractivity contribution is 0.386. The molecule has 0 saturated heterocycles. The highest BCUT2D eigenvalue weighted by Crippen LogP contribution is 2.27. The van der Waals surface area contributed by atoms with E-state index in [9.17, 15) is 5.11 Å². The Balaban J connectivity index is 3.15. The van der Waals surface area contributed by atoms with Gasteiger partial charge in [0.05, 0.1) is 17.3 Å². The van der Waals surface area contributed by atoms with Crippen LogP contribution in [0.3, 0.4) is 0 Å². The van der Waals surface area contributed by atoms with Crippen LogP contribution in [0.4, 0.5) is 5.69 Å². The van der Waals surface area contributed by atoms with E-state index in [1.807, 2.05) is 25.1 Å². The standard InChI is InChI=1S/C10H13N3O/c1-13(2)6-8-3-7(5-11)4-9(12)10(8)14/h3-4,14H,6,12H2,1-2H3.